The molecule has 2 aromatic carbocycles. The number of benzene rings is 2. The monoisotopic (exact) mass is 422 g/mol. The van der Waals surface area contributed by atoms with Gasteiger partial charge in [-0.1, -0.05) is 18.2 Å². The molecule has 4 rings (SSSR count). The molecule has 0 spiro atoms. The number of likely N-dealkylation sites (N-methyl/N-ethyl adjacent to an activating group) is 1. The van der Waals surface area contributed by atoms with Gasteiger partial charge in [0, 0.05) is 43.2 Å². The topological polar surface area (TPSA) is 65.1 Å². The second-order valence-corrected chi connectivity index (χ2v) is 8.25. The van der Waals surface area contributed by atoms with Gasteiger partial charge in [-0.15, -0.1) is 0 Å². The van der Waals surface area contributed by atoms with Crippen molar-refractivity contribution in [3.8, 4) is 0 Å². The summed E-state index contributed by atoms with van der Waals surface area (Å²) in [6.07, 6.45) is 0.939. The molecule has 7 heteroatoms. The molecule has 1 fully saturated rings. The third kappa shape index (κ3) is 4.99. The van der Waals surface area contributed by atoms with E-state index < -0.39 is 0 Å². The fraction of sp³-hybridized carbons (Fsp3) is 0.417. The van der Waals surface area contributed by atoms with Crippen LogP contribution in [0.5, 0.6) is 0 Å². The number of ether oxygens (including phenoxy) is 1. The molecule has 1 saturated heterocycles. The van der Waals surface area contributed by atoms with Crippen molar-refractivity contribution in [1.29, 1.82) is 0 Å². The summed E-state index contributed by atoms with van der Waals surface area (Å²) < 4.78 is 5.38. The second kappa shape index (κ2) is 9.39. The van der Waals surface area contributed by atoms with Crippen molar-refractivity contribution in [2.75, 3.05) is 61.6 Å². The number of carbonyl (C=O) groups excluding carboxylic acids is 2. The minimum Gasteiger partial charge on any atom is -0.378 e. The molecule has 2 aromatic rings. The third-order valence-corrected chi connectivity index (χ3v) is 5.99. The molecule has 1 atom stereocenters. The highest BCUT2D eigenvalue weighted by molar-refractivity contribution is 5.95. The van der Waals surface area contributed by atoms with Crippen molar-refractivity contribution < 1.29 is 14.3 Å². The van der Waals surface area contributed by atoms with Crippen LogP contribution in [-0.2, 0) is 20.7 Å². The van der Waals surface area contributed by atoms with Crippen LogP contribution in [0.2, 0.25) is 0 Å². The maximum Gasteiger partial charge on any atom is 0.243 e. The van der Waals surface area contributed by atoms with Crippen LogP contribution in [0.25, 0.3) is 0 Å². The summed E-state index contributed by atoms with van der Waals surface area (Å²) in [6.45, 7) is 5.64. The van der Waals surface area contributed by atoms with Crippen molar-refractivity contribution in [3.63, 3.8) is 0 Å². The average molecular weight is 423 g/mol. The Bertz CT molecular complexity index is 925. The van der Waals surface area contributed by atoms with Gasteiger partial charge in [-0.25, -0.2) is 0 Å². The van der Waals surface area contributed by atoms with Gasteiger partial charge in [0.05, 0.1) is 26.3 Å². The molecule has 2 aliphatic heterocycles. The van der Waals surface area contributed by atoms with Gasteiger partial charge < -0.3 is 24.8 Å². The molecule has 2 aliphatic rings. The normalized spacial score (nSPS) is 17.9. The lowest BCUT2D eigenvalue weighted by Gasteiger charge is -2.29. The summed E-state index contributed by atoms with van der Waals surface area (Å²) in [7, 11) is 1.68. The number of carbonyl (C=O) groups is 2. The minimum atomic E-state index is -0.204. The van der Waals surface area contributed by atoms with Crippen molar-refractivity contribution in [1.82, 2.24) is 4.90 Å². The fourth-order valence-electron chi connectivity index (χ4n) is 4.22. The Hall–Kier alpha value is -3.06. The summed E-state index contributed by atoms with van der Waals surface area (Å²) >= 11 is 0. The summed E-state index contributed by atoms with van der Waals surface area (Å²) in [5, 5.41) is 2.89. The van der Waals surface area contributed by atoms with Gasteiger partial charge in [-0.3, -0.25) is 9.59 Å². The van der Waals surface area contributed by atoms with Crippen LogP contribution in [0, 0.1) is 0 Å². The molecule has 2 amide bonds. The van der Waals surface area contributed by atoms with Crippen LogP contribution in [-0.4, -0.2) is 69.2 Å². The van der Waals surface area contributed by atoms with Gasteiger partial charge >= 0.3 is 0 Å². The van der Waals surface area contributed by atoms with Crippen LogP contribution in [0.3, 0.4) is 0 Å². The Kier molecular flexibility index (Phi) is 6.42. The maximum absolute atomic E-state index is 12.8. The van der Waals surface area contributed by atoms with E-state index in [1.165, 1.54) is 10.5 Å². The van der Waals surface area contributed by atoms with E-state index in [4.69, 9.17) is 4.74 Å². The van der Waals surface area contributed by atoms with E-state index >= 15 is 0 Å². The van der Waals surface area contributed by atoms with Crippen LogP contribution >= 0.6 is 0 Å². The zero-order valence-electron chi connectivity index (χ0n) is 18.2. The minimum absolute atomic E-state index is 0.0217. The largest absolute Gasteiger partial charge is 0.378 e. The molecule has 0 aliphatic carbocycles. The zero-order valence-corrected chi connectivity index (χ0v) is 18.2. The Balaban J connectivity index is 1.29. The van der Waals surface area contributed by atoms with Crippen LogP contribution in [0.4, 0.5) is 17.1 Å². The van der Waals surface area contributed by atoms with E-state index in [1.807, 2.05) is 36.4 Å². The molecule has 0 saturated carbocycles. The summed E-state index contributed by atoms with van der Waals surface area (Å²) in [6, 6.07) is 16.3. The van der Waals surface area contributed by atoms with Crippen molar-refractivity contribution in [2.45, 2.75) is 19.4 Å². The average Bonchev–Trinajstić information content (AvgIpc) is 3.09. The summed E-state index contributed by atoms with van der Waals surface area (Å²) in [5.41, 5.74) is 4.23. The molecule has 0 radical (unpaired) electrons. The van der Waals surface area contributed by atoms with Crippen molar-refractivity contribution >= 4 is 28.9 Å². The SMILES string of the molecule is C[C@H]1Cc2ccccc2N1CC(=O)N(C)CC(=O)Nc1ccc(N2CCOCC2)cc1. The van der Waals surface area contributed by atoms with E-state index in [-0.39, 0.29) is 30.9 Å². The highest BCUT2D eigenvalue weighted by atomic mass is 16.5. The first kappa shape index (κ1) is 21.2. The molecule has 7 nitrogen and oxygen atoms in total. The zero-order chi connectivity index (χ0) is 21.8. The third-order valence-electron chi connectivity index (χ3n) is 5.99. The number of para-hydroxylation sites is 1. The smallest absolute Gasteiger partial charge is 0.243 e. The predicted octanol–water partition coefficient (Wildman–Crippen LogP) is 2.37. The lowest BCUT2D eigenvalue weighted by atomic mass is 10.1. The maximum atomic E-state index is 12.8. The number of nitrogens with zero attached hydrogens (tertiary/aromatic N) is 3. The van der Waals surface area contributed by atoms with Gasteiger partial charge in [0.2, 0.25) is 11.8 Å². The second-order valence-electron chi connectivity index (χ2n) is 8.25. The van der Waals surface area contributed by atoms with E-state index in [2.05, 4.69) is 34.2 Å². The van der Waals surface area contributed by atoms with Crippen LogP contribution in [0.1, 0.15) is 12.5 Å². The van der Waals surface area contributed by atoms with Crippen molar-refractivity contribution in [3.05, 3.63) is 54.1 Å². The number of nitrogens with one attached hydrogen (secondary N) is 1. The molecule has 31 heavy (non-hydrogen) atoms. The number of amides is 2. The number of fused-ring (bicyclic) bond motifs is 1. The van der Waals surface area contributed by atoms with Gasteiger partial charge in [0.15, 0.2) is 0 Å². The number of anilines is 3. The van der Waals surface area contributed by atoms with Gasteiger partial charge in [-0.05, 0) is 49.2 Å². The number of rotatable bonds is 6. The predicted molar refractivity (Wildman–Crippen MR) is 123 cm³/mol. The quantitative estimate of drug-likeness (QED) is 0.774. The first-order valence-corrected chi connectivity index (χ1v) is 10.8. The molecule has 0 bridgehead atoms. The molecule has 1 N–H and O–H groups in total. The van der Waals surface area contributed by atoms with E-state index in [0.29, 0.717) is 0 Å². The summed E-state index contributed by atoms with van der Waals surface area (Å²) in [5.74, 6) is -0.272. The molecule has 0 unspecified atom stereocenters. The Morgan fingerprint density at radius 1 is 1.10 bits per heavy atom. The fourth-order valence-corrected chi connectivity index (χ4v) is 4.22. The highest BCUT2D eigenvalue weighted by Crippen LogP contribution is 2.31. The van der Waals surface area contributed by atoms with Crippen molar-refractivity contribution in [2.24, 2.45) is 0 Å². The number of hydrogen-bond acceptors (Lipinski definition) is 5. The highest BCUT2D eigenvalue weighted by Gasteiger charge is 2.28. The Morgan fingerprint density at radius 3 is 2.55 bits per heavy atom. The first-order valence-electron chi connectivity index (χ1n) is 10.8. The van der Waals surface area contributed by atoms with Crippen LogP contribution in [0.15, 0.2) is 48.5 Å². The first-order chi connectivity index (χ1) is 15.0. The summed E-state index contributed by atoms with van der Waals surface area (Å²) in [4.78, 5) is 31.1. The van der Waals surface area contributed by atoms with Gasteiger partial charge in [-0.2, -0.15) is 0 Å². The lowest BCUT2D eigenvalue weighted by Crippen LogP contribution is -2.43. The number of morpholine rings is 1. The molecule has 164 valence electrons. The number of hydrogen-bond donors (Lipinski definition) is 1. The molecular weight excluding hydrogens is 392 g/mol. The molecule has 0 aromatic heterocycles. The Labute approximate surface area is 183 Å². The van der Waals surface area contributed by atoms with E-state index in [1.54, 1.807) is 7.05 Å². The van der Waals surface area contributed by atoms with E-state index in [0.717, 1.165) is 49.8 Å². The molecular formula is C24H30N4O3. The van der Waals surface area contributed by atoms with E-state index in [9.17, 15) is 9.59 Å². The molecule has 2 heterocycles. The lowest BCUT2D eigenvalue weighted by molar-refractivity contribution is -0.132. The Morgan fingerprint density at radius 2 is 1.81 bits per heavy atom. The van der Waals surface area contributed by atoms with Crippen LogP contribution < -0.4 is 15.1 Å². The van der Waals surface area contributed by atoms with Gasteiger partial charge in [0.1, 0.15) is 0 Å². The standard InChI is InChI=1S/C24H30N4O3/c1-18-15-19-5-3-4-6-22(19)28(18)17-24(30)26(2)16-23(29)25-20-7-9-21(10-8-20)27-11-13-31-14-12-27/h3-10,18H,11-17H2,1-2H3,(H,25,29)/t18-/m0/s1. The van der Waals surface area contributed by atoms with Gasteiger partial charge in [0.25, 0.3) is 0 Å².